The average Bonchev–Trinajstić information content (AvgIpc) is 2.32. The Kier molecular flexibility index (Phi) is 2.55. The number of hydrogen-bond acceptors (Lipinski definition) is 3. The van der Waals surface area contributed by atoms with E-state index < -0.39 is 5.91 Å². The Morgan fingerprint density at radius 3 is 2.62 bits per heavy atom. The molecule has 0 saturated heterocycles. The molecule has 0 spiro atoms. The Hall–Kier alpha value is -1.52. The number of nitrogen functional groups attached to an aromatic ring is 1. The normalized spacial score (nSPS) is 10.7. The summed E-state index contributed by atoms with van der Waals surface area (Å²) in [6, 6.07) is 0. The second-order valence-corrected chi connectivity index (χ2v) is 3.30. The summed E-state index contributed by atoms with van der Waals surface area (Å²) in [4.78, 5) is 10.6. The summed E-state index contributed by atoms with van der Waals surface area (Å²) in [5, 5.41) is 6.72. The van der Waals surface area contributed by atoms with E-state index in [0.29, 0.717) is 11.4 Å². The Bertz CT molecular complexity index is 316. The number of hydrogen-bond donors (Lipinski definition) is 3. The van der Waals surface area contributed by atoms with Gasteiger partial charge in [0.05, 0.1) is 23.5 Å². The fourth-order valence-corrected chi connectivity index (χ4v) is 1.15. The average molecular weight is 182 g/mol. The number of aromatic nitrogens is 2. The van der Waals surface area contributed by atoms with Gasteiger partial charge in [0.25, 0.3) is 0 Å². The molecule has 0 fully saturated rings. The molecule has 0 atom stereocenters. The van der Waals surface area contributed by atoms with Gasteiger partial charge in [-0.2, -0.15) is 5.10 Å². The molecule has 1 amide bonds. The summed E-state index contributed by atoms with van der Waals surface area (Å²) < 4.78 is 0. The third-order valence-electron chi connectivity index (χ3n) is 1.81. The molecule has 0 radical (unpaired) electrons. The quantitative estimate of drug-likeness (QED) is 0.620. The molecular weight excluding hydrogens is 168 g/mol. The molecule has 13 heavy (non-hydrogen) atoms. The van der Waals surface area contributed by atoms with Gasteiger partial charge in [-0.05, 0) is 5.92 Å². The van der Waals surface area contributed by atoms with Crippen LogP contribution in [-0.4, -0.2) is 16.1 Å². The monoisotopic (exact) mass is 182 g/mol. The molecule has 0 aliphatic rings. The molecule has 72 valence electrons. The van der Waals surface area contributed by atoms with E-state index in [1.54, 1.807) is 0 Å². The van der Waals surface area contributed by atoms with Crippen molar-refractivity contribution in [2.45, 2.75) is 26.2 Å². The predicted octanol–water partition coefficient (Wildman–Crippen LogP) is 0.143. The number of carbonyl (C=O) groups excluding carboxylic acids is 1. The van der Waals surface area contributed by atoms with Gasteiger partial charge in [0.2, 0.25) is 5.91 Å². The number of carbonyl (C=O) groups is 1. The number of nitrogens with two attached hydrogens (primary N) is 2. The molecule has 0 aromatic carbocycles. The highest BCUT2D eigenvalue weighted by molar-refractivity contribution is 5.78. The van der Waals surface area contributed by atoms with Crippen molar-refractivity contribution in [3.8, 4) is 0 Å². The zero-order valence-corrected chi connectivity index (χ0v) is 7.79. The maximum absolute atomic E-state index is 10.6. The summed E-state index contributed by atoms with van der Waals surface area (Å²) in [5.41, 5.74) is 12.7. The van der Waals surface area contributed by atoms with Crippen LogP contribution in [0.25, 0.3) is 0 Å². The number of nitrogens with one attached hydrogen (secondary N) is 1. The molecule has 5 nitrogen and oxygen atoms in total. The number of H-pyrrole nitrogens is 1. The lowest BCUT2D eigenvalue weighted by Crippen LogP contribution is -2.14. The molecule has 0 aliphatic heterocycles. The Labute approximate surface area is 76.5 Å². The van der Waals surface area contributed by atoms with E-state index in [0.717, 1.165) is 5.69 Å². The van der Waals surface area contributed by atoms with Crippen LogP contribution in [0.5, 0.6) is 0 Å². The second kappa shape index (κ2) is 3.47. The zero-order chi connectivity index (χ0) is 10.0. The van der Waals surface area contributed by atoms with Crippen LogP contribution in [0.2, 0.25) is 0 Å². The van der Waals surface area contributed by atoms with Gasteiger partial charge >= 0.3 is 0 Å². The maximum atomic E-state index is 10.6. The van der Waals surface area contributed by atoms with E-state index in [4.69, 9.17) is 11.5 Å². The number of nitrogens with zero attached hydrogens (tertiary/aromatic N) is 1. The highest BCUT2D eigenvalue weighted by Gasteiger charge is 2.13. The van der Waals surface area contributed by atoms with Crippen LogP contribution in [0.15, 0.2) is 0 Å². The summed E-state index contributed by atoms with van der Waals surface area (Å²) in [6.07, 6.45) is 0.117. The second-order valence-electron chi connectivity index (χ2n) is 3.30. The number of aromatic amines is 1. The van der Waals surface area contributed by atoms with Crippen molar-refractivity contribution in [2.24, 2.45) is 5.73 Å². The van der Waals surface area contributed by atoms with Crippen LogP contribution in [0.4, 0.5) is 5.69 Å². The fourth-order valence-electron chi connectivity index (χ4n) is 1.15. The maximum Gasteiger partial charge on any atom is 0.223 e. The van der Waals surface area contributed by atoms with Crippen molar-refractivity contribution in [1.82, 2.24) is 10.2 Å². The van der Waals surface area contributed by atoms with E-state index >= 15 is 0 Å². The molecule has 1 heterocycles. The molecule has 5 N–H and O–H groups in total. The van der Waals surface area contributed by atoms with E-state index in [9.17, 15) is 4.79 Å². The lowest BCUT2D eigenvalue weighted by molar-refractivity contribution is -0.117. The summed E-state index contributed by atoms with van der Waals surface area (Å²) in [6.45, 7) is 3.97. The van der Waals surface area contributed by atoms with Gasteiger partial charge in [0.15, 0.2) is 0 Å². The zero-order valence-electron chi connectivity index (χ0n) is 7.79. The van der Waals surface area contributed by atoms with Gasteiger partial charge in [0.1, 0.15) is 0 Å². The summed E-state index contributed by atoms with van der Waals surface area (Å²) in [5.74, 6) is -0.163. The van der Waals surface area contributed by atoms with E-state index in [1.165, 1.54) is 0 Å². The van der Waals surface area contributed by atoms with Crippen LogP contribution in [0.1, 0.15) is 31.2 Å². The number of amides is 1. The van der Waals surface area contributed by atoms with Crippen LogP contribution >= 0.6 is 0 Å². The van der Waals surface area contributed by atoms with E-state index in [1.807, 2.05) is 13.8 Å². The molecule has 1 rings (SSSR count). The fraction of sp³-hybridized carbons (Fsp3) is 0.500. The van der Waals surface area contributed by atoms with Crippen LogP contribution in [0, 0.1) is 0 Å². The van der Waals surface area contributed by atoms with Gasteiger partial charge in [-0.15, -0.1) is 0 Å². The molecule has 0 unspecified atom stereocenters. The van der Waals surface area contributed by atoms with Crippen molar-refractivity contribution < 1.29 is 4.79 Å². The molecule has 1 aromatic rings. The highest BCUT2D eigenvalue weighted by atomic mass is 16.1. The minimum atomic E-state index is -0.411. The van der Waals surface area contributed by atoms with Crippen LogP contribution in [0.3, 0.4) is 0 Å². The topological polar surface area (TPSA) is 97.8 Å². The first-order chi connectivity index (χ1) is 6.02. The first kappa shape index (κ1) is 9.57. The molecule has 5 heteroatoms. The minimum absolute atomic E-state index is 0.117. The SMILES string of the molecule is CC(C)c1n[nH]c(CC(N)=O)c1N. The molecule has 0 saturated carbocycles. The first-order valence-electron chi connectivity index (χ1n) is 4.13. The summed E-state index contributed by atoms with van der Waals surface area (Å²) >= 11 is 0. The van der Waals surface area contributed by atoms with E-state index in [2.05, 4.69) is 10.2 Å². The number of anilines is 1. The minimum Gasteiger partial charge on any atom is -0.396 e. The van der Waals surface area contributed by atoms with Crippen molar-refractivity contribution >= 4 is 11.6 Å². The lowest BCUT2D eigenvalue weighted by Gasteiger charge is -2.00. The molecule has 1 aromatic heterocycles. The number of primary amides is 1. The number of rotatable bonds is 3. The van der Waals surface area contributed by atoms with Gasteiger partial charge in [0, 0.05) is 0 Å². The standard InChI is InChI=1S/C8H14N4O/c1-4(2)8-7(10)5(11-12-8)3-6(9)13/h4H,3,10H2,1-2H3,(H2,9,13)(H,11,12). The van der Waals surface area contributed by atoms with Gasteiger partial charge in [-0.1, -0.05) is 13.8 Å². The smallest absolute Gasteiger partial charge is 0.223 e. The highest BCUT2D eigenvalue weighted by Crippen LogP contribution is 2.21. The van der Waals surface area contributed by atoms with Crippen molar-refractivity contribution in [3.63, 3.8) is 0 Å². The molecule has 0 bridgehead atoms. The van der Waals surface area contributed by atoms with Gasteiger partial charge < -0.3 is 11.5 Å². The third-order valence-corrected chi connectivity index (χ3v) is 1.81. The Morgan fingerprint density at radius 2 is 2.23 bits per heavy atom. The lowest BCUT2D eigenvalue weighted by atomic mass is 10.1. The first-order valence-corrected chi connectivity index (χ1v) is 4.13. The van der Waals surface area contributed by atoms with E-state index in [-0.39, 0.29) is 12.3 Å². The van der Waals surface area contributed by atoms with Crippen molar-refractivity contribution in [2.75, 3.05) is 5.73 Å². The van der Waals surface area contributed by atoms with Crippen LogP contribution in [-0.2, 0) is 11.2 Å². The molecule has 0 aliphatic carbocycles. The van der Waals surface area contributed by atoms with Gasteiger partial charge in [-0.25, -0.2) is 0 Å². The van der Waals surface area contributed by atoms with Crippen molar-refractivity contribution in [1.29, 1.82) is 0 Å². The van der Waals surface area contributed by atoms with Crippen molar-refractivity contribution in [3.05, 3.63) is 11.4 Å². The third kappa shape index (κ3) is 1.99. The van der Waals surface area contributed by atoms with Crippen LogP contribution < -0.4 is 11.5 Å². The van der Waals surface area contributed by atoms with Gasteiger partial charge in [-0.3, -0.25) is 9.89 Å². The largest absolute Gasteiger partial charge is 0.396 e. The Morgan fingerprint density at radius 1 is 1.62 bits per heavy atom. The Balaban J connectivity index is 2.92. The predicted molar refractivity (Wildman–Crippen MR) is 50.0 cm³/mol. The summed E-state index contributed by atoms with van der Waals surface area (Å²) in [7, 11) is 0. The molecular formula is C8H14N4O.